The molecule has 76 valence electrons. The van der Waals surface area contributed by atoms with Crippen LogP contribution in [-0.2, 0) is 0 Å². The number of aliphatic imine (C=N–C) groups is 1. The molecule has 3 nitrogen and oxygen atoms in total. The molecule has 1 aromatic carbocycles. The van der Waals surface area contributed by atoms with Gasteiger partial charge in [0, 0.05) is 14.1 Å². The highest BCUT2D eigenvalue weighted by atomic mass is 16.3. The summed E-state index contributed by atoms with van der Waals surface area (Å²) in [5, 5.41) is 9.70. The van der Waals surface area contributed by atoms with Crippen LogP contribution in [0.1, 0.15) is 11.7 Å². The van der Waals surface area contributed by atoms with Crippen LogP contribution in [0.2, 0.25) is 0 Å². The first-order valence-electron chi connectivity index (χ1n) is 4.59. The molecule has 0 saturated heterocycles. The third kappa shape index (κ3) is 3.58. The van der Waals surface area contributed by atoms with E-state index >= 15 is 0 Å². The van der Waals surface area contributed by atoms with E-state index in [1.54, 1.807) is 6.34 Å². The summed E-state index contributed by atoms with van der Waals surface area (Å²) in [5.74, 6) is 0. The number of aliphatic hydroxyl groups is 1. The molecule has 0 spiro atoms. The normalized spacial score (nSPS) is 13.1. The van der Waals surface area contributed by atoms with Gasteiger partial charge in [-0.25, -0.2) is 0 Å². The predicted molar refractivity (Wildman–Crippen MR) is 58.4 cm³/mol. The summed E-state index contributed by atoms with van der Waals surface area (Å²) < 4.78 is 0. The van der Waals surface area contributed by atoms with Crippen LogP contribution in [-0.4, -0.2) is 37.0 Å². The van der Waals surface area contributed by atoms with Gasteiger partial charge in [0.05, 0.1) is 19.0 Å². The first kappa shape index (κ1) is 10.7. The summed E-state index contributed by atoms with van der Waals surface area (Å²) in [5.41, 5.74) is 0.906. The summed E-state index contributed by atoms with van der Waals surface area (Å²) in [6, 6.07) is 9.55. The molecule has 1 atom stereocenters. The van der Waals surface area contributed by atoms with Gasteiger partial charge in [-0.05, 0) is 5.56 Å². The van der Waals surface area contributed by atoms with E-state index in [1.165, 1.54) is 0 Å². The van der Waals surface area contributed by atoms with Gasteiger partial charge in [-0.15, -0.1) is 0 Å². The molecule has 0 aliphatic carbocycles. The zero-order chi connectivity index (χ0) is 10.4. The first-order valence-corrected chi connectivity index (χ1v) is 4.59. The van der Waals surface area contributed by atoms with Crippen molar-refractivity contribution >= 4 is 6.34 Å². The summed E-state index contributed by atoms with van der Waals surface area (Å²) >= 11 is 0. The van der Waals surface area contributed by atoms with Crippen LogP contribution >= 0.6 is 0 Å². The molecule has 0 aromatic heterocycles. The van der Waals surface area contributed by atoms with E-state index in [9.17, 15) is 5.11 Å². The van der Waals surface area contributed by atoms with Crippen LogP contribution in [0, 0.1) is 0 Å². The molecule has 0 saturated carbocycles. The molecule has 0 radical (unpaired) electrons. The molecule has 0 aliphatic rings. The lowest BCUT2D eigenvalue weighted by atomic mass is 10.1. The van der Waals surface area contributed by atoms with Crippen LogP contribution in [0.3, 0.4) is 0 Å². The lowest BCUT2D eigenvalue weighted by Crippen LogP contribution is -2.10. The molecule has 1 aromatic rings. The summed E-state index contributed by atoms with van der Waals surface area (Å²) in [6.45, 7) is 0.405. The highest BCUT2D eigenvalue weighted by molar-refractivity contribution is 5.53. The maximum Gasteiger partial charge on any atom is 0.0985 e. The zero-order valence-corrected chi connectivity index (χ0v) is 8.59. The maximum absolute atomic E-state index is 9.70. The zero-order valence-electron chi connectivity index (χ0n) is 8.59. The molecule has 14 heavy (non-hydrogen) atoms. The minimum Gasteiger partial charge on any atom is -0.386 e. The van der Waals surface area contributed by atoms with Gasteiger partial charge in [-0.2, -0.15) is 0 Å². The summed E-state index contributed by atoms with van der Waals surface area (Å²) in [7, 11) is 3.80. The van der Waals surface area contributed by atoms with Gasteiger partial charge < -0.3 is 10.0 Å². The van der Waals surface area contributed by atoms with Crippen molar-refractivity contribution in [1.82, 2.24) is 4.90 Å². The topological polar surface area (TPSA) is 35.8 Å². The lowest BCUT2D eigenvalue weighted by Gasteiger charge is -2.08. The number of rotatable bonds is 4. The molecule has 0 fully saturated rings. The lowest BCUT2D eigenvalue weighted by molar-refractivity contribution is 0.187. The smallest absolute Gasteiger partial charge is 0.0985 e. The predicted octanol–water partition coefficient (Wildman–Crippen LogP) is 1.31. The van der Waals surface area contributed by atoms with Crippen molar-refractivity contribution in [2.45, 2.75) is 6.10 Å². The Hall–Kier alpha value is -1.35. The second-order valence-corrected chi connectivity index (χ2v) is 3.37. The Morgan fingerprint density at radius 2 is 2.00 bits per heavy atom. The van der Waals surface area contributed by atoms with Crippen molar-refractivity contribution in [2.75, 3.05) is 20.6 Å². The largest absolute Gasteiger partial charge is 0.386 e. The van der Waals surface area contributed by atoms with Crippen molar-refractivity contribution in [3.8, 4) is 0 Å². The fraction of sp³-hybridized carbons (Fsp3) is 0.364. The minimum absolute atomic E-state index is 0.405. The Labute approximate surface area is 84.7 Å². The minimum atomic E-state index is -0.507. The van der Waals surface area contributed by atoms with Crippen molar-refractivity contribution in [2.24, 2.45) is 4.99 Å². The highest BCUT2D eigenvalue weighted by Crippen LogP contribution is 2.11. The van der Waals surface area contributed by atoms with Crippen molar-refractivity contribution in [3.63, 3.8) is 0 Å². The number of nitrogens with zero attached hydrogens (tertiary/aromatic N) is 2. The van der Waals surface area contributed by atoms with E-state index in [1.807, 2.05) is 49.3 Å². The third-order valence-electron chi connectivity index (χ3n) is 1.78. The van der Waals surface area contributed by atoms with Gasteiger partial charge in [0.15, 0.2) is 0 Å². The molecule has 0 aliphatic heterocycles. The highest BCUT2D eigenvalue weighted by Gasteiger charge is 2.03. The molecule has 1 rings (SSSR count). The number of hydrogen-bond donors (Lipinski definition) is 1. The first-order chi connectivity index (χ1) is 6.70. The van der Waals surface area contributed by atoms with Gasteiger partial charge in [0.2, 0.25) is 0 Å². The Balaban J connectivity index is 2.47. The van der Waals surface area contributed by atoms with E-state index in [0.29, 0.717) is 6.54 Å². The second kappa shape index (κ2) is 5.40. The third-order valence-corrected chi connectivity index (χ3v) is 1.78. The van der Waals surface area contributed by atoms with Crippen molar-refractivity contribution in [1.29, 1.82) is 0 Å². The van der Waals surface area contributed by atoms with Gasteiger partial charge >= 0.3 is 0 Å². The standard InChI is InChI=1S/C11H16N2O/c1-13(2)9-12-8-11(14)10-6-4-3-5-7-10/h3-7,9,11,14H,8H2,1-2H3. The van der Waals surface area contributed by atoms with Gasteiger partial charge in [0.25, 0.3) is 0 Å². The van der Waals surface area contributed by atoms with E-state index < -0.39 is 6.10 Å². The van der Waals surface area contributed by atoms with Crippen LogP contribution in [0.4, 0.5) is 0 Å². The average molecular weight is 192 g/mol. The molecule has 0 amide bonds. The molecular weight excluding hydrogens is 176 g/mol. The Morgan fingerprint density at radius 1 is 1.36 bits per heavy atom. The molecule has 1 unspecified atom stereocenters. The Kier molecular flexibility index (Phi) is 4.13. The SMILES string of the molecule is CN(C)C=NCC(O)c1ccccc1. The quantitative estimate of drug-likeness (QED) is 0.576. The monoisotopic (exact) mass is 192 g/mol. The van der Waals surface area contributed by atoms with E-state index in [2.05, 4.69) is 4.99 Å². The fourth-order valence-corrected chi connectivity index (χ4v) is 1.09. The fourth-order valence-electron chi connectivity index (χ4n) is 1.09. The van der Waals surface area contributed by atoms with Crippen LogP contribution in [0.25, 0.3) is 0 Å². The molecule has 0 bridgehead atoms. The Bertz CT molecular complexity index is 283. The van der Waals surface area contributed by atoms with Gasteiger partial charge in [-0.3, -0.25) is 4.99 Å². The average Bonchev–Trinajstić information content (AvgIpc) is 2.18. The van der Waals surface area contributed by atoms with Crippen LogP contribution < -0.4 is 0 Å². The number of benzene rings is 1. The van der Waals surface area contributed by atoms with Crippen molar-refractivity contribution < 1.29 is 5.11 Å². The summed E-state index contributed by atoms with van der Waals surface area (Å²) in [6.07, 6.45) is 1.19. The van der Waals surface area contributed by atoms with E-state index in [-0.39, 0.29) is 0 Å². The molecule has 0 heterocycles. The number of aliphatic hydroxyl groups excluding tert-OH is 1. The molecule has 3 heteroatoms. The van der Waals surface area contributed by atoms with Crippen LogP contribution in [0.5, 0.6) is 0 Å². The van der Waals surface area contributed by atoms with E-state index in [4.69, 9.17) is 0 Å². The summed E-state index contributed by atoms with van der Waals surface area (Å²) in [4.78, 5) is 5.94. The van der Waals surface area contributed by atoms with Crippen LogP contribution in [0.15, 0.2) is 35.3 Å². The molecular formula is C11H16N2O. The van der Waals surface area contributed by atoms with Gasteiger partial charge in [0.1, 0.15) is 0 Å². The Morgan fingerprint density at radius 3 is 2.57 bits per heavy atom. The maximum atomic E-state index is 9.70. The number of hydrogen-bond acceptors (Lipinski definition) is 2. The van der Waals surface area contributed by atoms with E-state index in [0.717, 1.165) is 5.56 Å². The second-order valence-electron chi connectivity index (χ2n) is 3.37. The van der Waals surface area contributed by atoms with Crippen molar-refractivity contribution in [3.05, 3.63) is 35.9 Å². The molecule has 1 N–H and O–H groups in total. The van der Waals surface area contributed by atoms with Gasteiger partial charge in [-0.1, -0.05) is 30.3 Å².